The third kappa shape index (κ3) is 3.24. The molecule has 2 heterocycles. The van der Waals surface area contributed by atoms with Crippen LogP contribution < -0.4 is 11.3 Å². The highest BCUT2D eigenvalue weighted by molar-refractivity contribution is 7.99. The van der Waals surface area contributed by atoms with Gasteiger partial charge in [-0.25, -0.2) is 5.84 Å². The molecule has 1 aromatic rings. The number of carbonyl (C=O) groups excluding carboxylic acids is 1. The molecule has 2 rings (SSSR count). The Labute approximate surface area is 105 Å². The van der Waals surface area contributed by atoms with Crippen LogP contribution in [0, 0.1) is 0 Å². The molecule has 0 aromatic carbocycles. The Hall–Kier alpha value is -0.980. The van der Waals surface area contributed by atoms with Gasteiger partial charge in [-0.05, 0) is 24.8 Å². The molecule has 17 heavy (non-hydrogen) atoms. The zero-order valence-corrected chi connectivity index (χ0v) is 10.5. The first kappa shape index (κ1) is 12.5. The molecule has 0 radical (unpaired) electrons. The van der Waals surface area contributed by atoms with Crippen molar-refractivity contribution >= 4 is 17.7 Å². The number of nitrogens with two attached hydrogens (primary N) is 1. The Bertz CT molecular complexity index is 373. The highest BCUT2D eigenvalue weighted by Gasteiger charge is 2.17. The molecule has 1 aromatic heterocycles. The third-order valence-corrected chi connectivity index (χ3v) is 3.84. The van der Waals surface area contributed by atoms with E-state index in [2.05, 4.69) is 10.3 Å². The maximum Gasteiger partial charge on any atom is 0.301 e. The van der Waals surface area contributed by atoms with Gasteiger partial charge >= 0.3 is 5.91 Å². The van der Waals surface area contributed by atoms with Gasteiger partial charge in [0.05, 0.1) is 6.26 Å². The molecule has 0 saturated carbocycles. The second-order valence-corrected chi connectivity index (χ2v) is 5.22. The number of hydrogen-bond acceptors (Lipinski definition) is 5. The lowest BCUT2D eigenvalue weighted by atomic mass is 10.2. The summed E-state index contributed by atoms with van der Waals surface area (Å²) in [6.45, 7) is 2.88. The van der Waals surface area contributed by atoms with Crippen LogP contribution in [0.2, 0.25) is 0 Å². The van der Waals surface area contributed by atoms with Gasteiger partial charge in [0.15, 0.2) is 5.76 Å². The number of hydrazine groups is 1. The van der Waals surface area contributed by atoms with Crippen molar-refractivity contribution in [3.8, 4) is 0 Å². The molecule has 3 N–H and O–H groups in total. The molecule has 94 valence electrons. The van der Waals surface area contributed by atoms with Crippen molar-refractivity contribution < 1.29 is 9.21 Å². The van der Waals surface area contributed by atoms with E-state index in [9.17, 15) is 4.79 Å². The fourth-order valence-electron chi connectivity index (χ4n) is 1.92. The topological polar surface area (TPSA) is 71.5 Å². The molecule has 0 unspecified atom stereocenters. The number of amides is 1. The number of hydrogen-bond donors (Lipinski definition) is 2. The summed E-state index contributed by atoms with van der Waals surface area (Å²) in [6.07, 6.45) is 2.73. The van der Waals surface area contributed by atoms with Gasteiger partial charge in [0.25, 0.3) is 0 Å². The molecule has 1 amide bonds. The average molecular weight is 255 g/mol. The number of nitrogens with zero attached hydrogens (tertiary/aromatic N) is 1. The van der Waals surface area contributed by atoms with Gasteiger partial charge in [0.2, 0.25) is 0 Å². The van der Waals surface area contributed by atoms with E-state index in [4.69, 9.17) is 10.3 Å². The number of nitrogen functional groups attached to an aromatic ring is 1. The van der Waals surface area contributed by atoms with E-state index >= 15 is 0 Å². The fraction of sp³-hybridized carbons (Fsp3) is 0.545. The van der Waals surface area contributed by atoms with Crippen molar-refractivity contribution in [2.24, 2.45) is 5.84 Å². The molecule has 1 aliphatic heterocycles. The summed E-state index contributed by atoms with van der Waals surface area (Å²) in [4.78, 5) is 13.8. The summed E-state index contributed by atoms with van der Waals surface area (Å²) in [5.41, 5.74) is 3.00. The van der Waals surface area contributed by atoms with Crippen LogP contribution in [0.1, 0.15) is 22.5 Å². The lowest BCUT2D eigenvalue weighted by molar-refractivity contribution is 0.0923. The van der Waals surface area contributed by atoms with E-state index in [0.717, 1.165) is 31.0 Å². The lowest BCUT2D eigenvalue weighted by Crippen LogP contribution is -2.31. The molecule has 5 nitrogen and oxygen atoms in total. The molecule has 0 bridgehead atoms. The normalized spacial score (nSPS) is 17.7. The number of furan rings is 1. The third-order valence-electron chi connectivity index (χ3n) is 2.79. The number of thioether (sulfide) groups is 1. The van der Waals surface area contributed by atoms with Crippen molar-refractivity contribution in [3.05, 3.63) is 23.7 Å². The van der Waals surface area contributed by atoms with Crippen LogP contribution in [-0.2, 0) is 6.54 Å². The maximum atomic E-state index is 11.5. The van der Waals surface area contributed by atoms with Gasteiger partial charge in [-0.3, -0.25) is 15.1 Å². The zero-order chi connectivity index (χ0) is 12.1. The van der Waals surface area contributed by atoms with E-state index < -0.39 is 0 Å². The van der Waals surface area contributed by atoms with Crippen LogP contribution in [0.25, 0.3) is 0 Å². The highest BCUT2D eigenvalue weighted by Crippen LogP contribution is 2.16. The Morgan fingerprint density at radius 1 is 1.53 bits per heavy atom. The second kappa shape index (κ2) is 6.09. The Morgan fingerprint density at radius 2 is 2.41 bits per heavy atom. The van der Waals surface area contributed by atoms with Crippen molar-refractivity contribution in [1.82, 2.24) is 10.3 Å². The van der Waals surface area contributed by atoms with Crippen LogP contribution in [0.15, 0.2) is 16.7 Å². The van der Waals surface area contributed by atoms with Gasteiger partial charge in [0.1, 0.15) is 0 Å². The minimum Gasteiger partial charge on any atom is -0.459 e. The molecular formula is C11H17N3O2S. The summed E-state index contributed by atoms with van der Waals surface area (Å²) in [7, 11) is 0. The predicted octanol–water partition coefficient (Wildman–Crippen LogP) is 0.822. The van der Waals surface area contributed by atoms with Gasteiger partial charge in [0, 0.05) is 24.4 Å². The second-order valence-electron chi connectivity index (χ2n) is 3.99. The van der Waals surface area contributed by atoms with E-state index in [1.165, 1.54) is 18.4 Å². The van der Waals surface area contributed by atoms with Crippen molar-refractivity contribution in [2.45, 2.75) is 13.0 Å². The van der Waals surface area contributed by atoms with E-state index in [1.807, 2.05) is 17.8 Å². The first-order valence-electron chi connectivity index (χ1n) is 5.68. The fourth-order valence-corrected chi connectivity index (χ4v) is 2.85. The Morgan fingerprint density at radius 3 is 3.24 bits per heavy atom. The quantitative estimate of drug-likeness (QED) is 0.475. The molecule has 0 atom stereocenters. The SMILES string of the molecule is NNC(=O)c1occc1CN1CCCSCC1. The van der Waals surface area contributed by atoms with Crippen LogP contribution in [0.4, 0.5) is 0 Å². The summed E-state index contributed by atoms with van der Waals surface area (Å²) >= 11 is 1.98. The molecule has 1 fully saturated rings. The smallest absolute Gasteiger partial charge is 0.301 e. The molecule has 1 aliphatic rings. The van der Waals surface area contributed by atoms with E-state index in [1.54, 1.807) is 0 Å². The Balaban J connectivity index is 2.02. The maximum absolute atomic E-state index is 11.5. The number of nitrogens with one attached hydrogen (secondary N) is 1. The average Bonchev–Trinajstić information content (AvgIpc) is 2.64. The molecule has 6 heteroatoms. The van der Waals surface area contributed by atoms with Gasteiger partial charge in [-0.15, -0.1) is 0 Å². The zero-order valence-electron chi connectivity index (χ0n) is 9.65. The number of rotatable bonds is 3. The number of carbonyl (C=O) groups is 1. The van der Waals surface area contributed by atoms with Gasteiger partial charge in [-0.1, -0.05) is 0 Å². The minimum absolute atomic E-state index is 0.324. The summed E-state index contributed by atoms with van der Waals surface area (Å²) < 4.78 is 5.17. The summed E-state index contributed by atoms with van der Waals surface area (Å²) in [5, 5.41) is 0. The largest absolute Gasteiger partial charge is 0.459 e. The van der Waals surface area contributed by atoms with E-state index in [-0.39, 0.29) is 5.91 Å². The van der Waals surface area contributed by atoms with Gasteiger partial charge < -0.3 is 4.42 Å². The van der Waals surface area contributed by atoms with Crippen molar-refractivity contribution in [3.63, 3.8) is 0 Å². The van der Waals surface area contributed by atoms with Crippen LogP contribution >= 0.6 is 11.8 Å². The van der Waals surface area contributed by atoms with Crippen LogP contribution in [-0.4, -0.2) is 35.4 Å². The monoisotopic (exact) mass is 255 g/mol. The molecular weight excluding hydrogens is 238 g/mol. The predicted molar refractivity (Wildman–Crippen MR) is 67.6 cm³/mol. The van der Waals surface area contributed by atoms with Crippen molar-refractivity contribution in [1.29, 1.82) is 0 Å². The van der Waals surface area contributed by atoms with Gasteiger partial charge in [-0.2, -0.15) is 11.8 Å². The van der Waals surface area contributed by atoms with Crippen molar-refractivity contribution in [2.75, 3.05) is 24.6 Å². The standard InChI is InChI=1S/C11H17N3O2S/c12-13-11(15)10-9(2-5-16-10)8-14-3-1-6-17-7-4-14/h2,5H,1,3-4,6-8,12H2,(H,13,15). The highest BCUT2D eigenvalue weighted by atomic mass is 32.2. The summed E-state index contributed by atoms with van der Waals surface area (Å²) in [5.74, 6) is 7.44. The van der Waals surface area contributed by atoms with E-state index in [0.29, 0.717) is 5.76 Å². The molecule has 0 aliphatic carbocycles. The van der Waals surface area contributed by atoms with Crippen LogP contribution in [0.5, 0.6) is 0 Å². The van der Waals surface area contributed by atoms with Crippen LogP contribution in [0.3, 0.4) is 0 Å². The first-order valence-corrected chi connectivity index (χ1v) is 6.84. The molecule has 1 saturated heterocycles. The minimum atomic E-state index is -0.366. The lowest BCUT2D eigenvalue weighted by Gasteiger charge is -2.18. The summed E-state index contributed by atoms with van der Waals surface area (Å²) in [6, 6.07) is 1.84. The molecule has 0 spiro atoms. The first-order chi connectivity index (χ1) is 8.31. The Kier molecular flexibility index (Phi) is 4.47.